The average Bonchev–Trinajstić information content (AvgIpc) is 3.15. The lowest BCUT2D eigenvalue weighted by Gasteiger charge is -2.35. The molecule has 5 heteroatoms. The first-order chi connectivity index (χ1) is 13.4. The van der Waals surface area contributed by atoms with E-state index in [0.717, 1.165) is 49.8 Å². The molecule has 2 aromatic carbocycles. The molecule has 2 aliphatic rings. The summed E-state index contributed by atoms with van der Waals surface area (Å²) >= 11 is 0. The number of amides is 1. The number of carbonyl (C=O) groups is 1. The van der Waals surface area contributed by atoms with Crippen LogP contribution in [0.5, 0.6) is 11.5 Å². The quantitative estimate of drug-likeness (QED) is 0.815. The van der Waals surface area contributed by atoms with E-state index >= 15 is 0 Å². The van der Waals surface area contributed by atoms with E-state index in [0.29, 0.717) is 6.79 Å². The van der Waals surface area contributed by atoms with Crippen LogP contribution in [0.1, 0.15) is 42.3 Å². The molecule has 0 saturated carbocycles. The molecule has 1 saturated heterocycles. The van der Waals surface area contributed by atoms with Crippen molar-refractivity contribution in [3.8, 4) is 11.5 Å². The molecule has 0 radical (unpaired) electrons. The van der Waals surface area contributed by atoms with Gasteiger partial charge in [0.1, 0.15) is 0 Å². The monoisotopic (exact) mass is 380 g/mol. The number of rotatable bonds is 3. The molecular formula is C23H28N2O3. The second-order valence-corrected chi connectivity index (χ2v) is 8.58. The number of hydrogen-bond donors (Lipinski definition) is 0. The summed E-state index contributed by atoms with van der Waals surface area (Å²) in [6.07, 6.45) is 0. The zero-order chi connectivity index (χ0) is 19.7. The molecule has 2 heterocycles. The van der Waals surface area contributed by atoms with Gasteiger partial charge in [-0.3, -0.25) is 9.69 Å². The van der Waals surface area contributed by atoms with Gasteiger partial charge in [-0.2, -0.15) is 0 Å². The molecule has 148 valence electrons. The fourth-order valence-electron chi connectivity index (χ4n) is 3.70. The van der Waals surface area contributed by atoms with E-state index in [2.05, 4.69) is 49.9 Å². The summed E-state index contributed by atoms with van der Waals surface area (Å²) in [5, 5.41) is 0. The minimum Gasteiger partial charge on any atom is -0.454 e. The topological polar surface area (TPSA) is 42.0 Å². The maximum absolute atomic E-state index is 12.8. The van der Waals surface area contributed by atoms with Gasteiger partial charge in [-0.25, -0.2) is 0 Å². The maximum atomic E-state index is 12.8. The Balaban J connectivity index is 1.33. The summed E-state index contributed by atoms with van der Waals surface area (Å²) in [5.41, 5.74) is 3.33. The third kappa shape index (κ3) is 3.99. The van der Waals surface area contributed by atoms with Crippen LogP contribution >= 0.6 is 0 Å². The lowest BCUT2D eigenvalue weighted by Crippen LogP contribution is -2.48. The fraction of sp³-hybridized carbons (Fsp3) is 0.435. The molecule has 2 aromatic rings. The van der Waals surface area contributed by atoms with Gasteiger partial charge >= 0.3 is 0 Å². The zero-order valence-electron chi connectivity index (χ0n) is 16.9. The van der Waals surface area contributed by atoms with Crippen molar-refractivity contribution >= 4 is 5.91 Å². The van der Waals surface area contributed by atoms with Crippen LogP contribution in [0.25, 0.3) is 0 Å². The van der Waals surface area contributed by atoms with E-state index in [1.807, 2.05) is 23.1 Å². The Morgan fingerprint density at radius 3 is 2.29 bits per heavy atom. The van der Waals surface area contributed by atoms with E-state index in [4.69, 9.17) is 9.47 Å². The first kappa shape index (κ1) is 18.8. The number of carbonyl (C=O) groups excluding carboxylic acids is 1. The summed E-state index contributed by atoms with van der Waals surface area (Å²) in [6.45, 7) is 11.0. The zero-order valence-corrected chi connectivity index (χ0v) is 16.9. The largest absolute Gasteiger partial charge is 0.454 e. The molecule has 1 fully saturated rings. The van der Waals surface area contributed by atoms with Gasteiger partial charge in [0.2, 0.25) is 6.79 Å². The first-order valence-electron chi connectivity index (χ1n) is 9.91. The van der Waals surface area contributed by atoms with E-state index in [1.165, 1.54) is 11.1 Å². The van der Waals surface area contributed by atoms with Crippen LogP contribution in [-0.4, -0.2) is 48.7 Å². The summed E-state index contributed by atoms with van der Waals surface area (Å²) in [4.78, 5) is 17.2. The molecule has 0 aromatic heterocycles. The van der Waals surface area contributed by atoms with Crippen LogP contribution in [0, 0.1) is 0 Å². The molecule has 28 heavy (non-hydrogen) atoms. The van der Waals surface area contributed by atoms with Crippen LogP contribution in [-0.2, 0) is 12.0 Å². The van der Waals surface area contributed by atoms with E-state index in [9.17, 15) is 4.79 Å². The average molecular weight is 380 g/mol. The highest BCUT2D eigenvalue weighted by atomic mass is 16.7. The lowest BCUT2D eigenvalue weighted by atomic mass is 9.86. The SMILES string of the molecule is CC(C)(C)c1ccc(C(=O)N2CCN(Cc3ccc4c(c3)OCO4)CC2)cc1. The van der Waals surface area contributed by atoms with Crippen LogP contribution in [0.2, 0.25) is 0 Å². The Morgan fingerprint density at radius 1 is 0.929 bits per heavy atom. The van der Waals surface area contributed by atoms with Crippen molar-refractivity contribution in [1.29, 1.82) is 0 Å². The molecule has 4 rings (SSSR count). The van der Waals surface area contributed by atoms with Gasteiger partial charge in [-0.1, -0.05) is 39.0 Å². The predicted octanol–water partition coefficient (Wildman–Crippen LogP) is 3.67. The number of piperazine rings is 1. The van der Waals surface area contributed by atoms with Crippen LogP contribution in [0.15, 0.2) is 42.5 Å². The number of benzene rings is 2. The molecule has 5 nitrogen and oxygen atoms in total. The molecule has 0 atom stereocenters. The second kappa shape index (κ2) is 7.47. The molecule has 0 spiro atoms. The van der Waals surface area contributed by atoms with Gasteiger partial charge in [-0.15, -0.1) is 0 Å². The molecule has 0 bridgehead atoms. The van der Waals surface area contributed by atoms with Crippen molar-refractivity contribution < 1.29 is 14.3 Å². The molecule has 0 unspecified atom stereocenters. The van der Waals surface area contributed by atoms with E-state index in [1.54, 1.807) is 0 Å². The van der Waals surface area contributed by atoms with Crippen LogP contribution in [0.3, 0.4) is 0 Å². The third-order valence-electron chi connectivity index (χ3n) is 5.50. The standard InChI is InChI=1S/C23H28N2O3/c1-23(2,3)19-7-5-18(6-8-19)22(26)25-12-10-24(11-13-25)15-17-4-9-20-21(14-17)28-16-27-20/h4-9,14H,10-13,15-16H2,1-3H3. The Labute approximate surface area is 166 Å². The Hall–Kier alpha value is -2.53. The second-order valence-electron chi connectivity index (χ2n) is 8.58. The Morgan fingerprint density at radius 2 is 1.61 bits per heavy atom. The van der Waals surface area contributed by atoms with Crippen LogP contribution < -0.4 is 9.47 Å². The highest BCUT2D eigenvalue weighted by molar-refractivity contribution is 5.94. The van der Waals surface area contributed by atoms with Crippen molar-refractivity contribution in [3.63, 3.8) is 0 Å². The molecule has 0 N–H and O–H groups in total. The smallest absolute Gasteiger partial charge is 0.253 e. The molecule has 2 aliphatic heterocycles. The normalized spacial score (nSPS) is 17.0. The minimum atomic E-state index is 0.0991. The Bertz CT molecular complexity index is 847. The van der Waals surface area contributed by atoms with Gasteiger partial charge in [0.15, 0.2) is 11.5 Å². The molecule has 1 amide bonds. The summed E-state index contributed by atoms with van der Waals surface area (Å²) < 4.78 is 10.8. The Kier molecular flexibility index (Phi) is 5.02. The van der Waals surface area contributed by atoms with Gasteiger partial charge < -0.3 is 14.4 Å². The minimum absolute atomic E-state index is 0.0991. The van der Waals surface area contributed by atoms with Gasteiger partial charge in [0.05, 0.1) is 0 Å². The van der Waals surface area contributed by atoms with E-state index < -0.39 is 0 Å². The van der Waals surface area contributed by atoms with Crippen molar-refractivity contribution in [1.82, 2.24) is 9.80 Å². The third-order valence-corrected chi connectivity index (χ3v) is 5.50. The van der Waals surface area contributed by atoms with Gasteiger partial charge in [0.25, 0.3) is 5.91 Å². The highest BCUT2D eigenvalue weighted by Gasteiger charge is 2.23. The van der Waals surface area contributed by atoms with Crippen molar-refractivity contribution in [2.75, 3.05) is 33.0 Å². The maximum Gasteiger partial charge on any atom is 0.253 e. The van der Waals surface area contributed by atoms with E-state index in [-0.39, 0.29) is 11.3 Å². The highest BCUT2D eigenvalue weighted by Crippen LogP contribution is 2.33. The molecular weight excluding hydrogens is 352 g/mol. The lowest BCUT2D eigenvalue weighted by molar-refractivity contribution is 0.0628. The number of ether oxygens (including phenoxy) is 2. The summed E-state index contributed by atoms with van der Waals surface area (Å²) in [6, 6.07) is 14.2. The molecule has 0 aliphatic carbocycles. The number of nitrogens with zero attached hydrogens (tertiary/aromatic N) is 2. The van der Waals surface area contributed by atoms with Crippen LogP contribution in [0.4, 0.5) is 0 Å². The van der Waals surface area contributed by atoms with Gasteiger partial charge in [-0.05, 0) is 40.8 Å². The summed E-state index contributed by atoms with van der Waals surface area (Å²) in [5.74, 6) is 1.77. The fourth-order valence-corrected chi connectivity index (χ4v) is 3.70. The first-order valence-corrected chi connectivity index (χ1v) is 9.91. The summed E-state index contributed by atoms with van der Waals surface area (Å²) in [7, 11) is 0. The van der Waals surface area contributed by atoms with Gasteiger partial charge in [0, 0.05) is 38.3 Å². The van der Waals surface area contributed by atoms with Crippen molar-refractivity contribution in [3.05, 3.63) is 59.2 Å². The van der Waals surface area contributed by atoms with Crippen molar-refractivity contribution in [2.24, 2.45) is 0 Å². The number of fused-ring (bicyclic) bond motifs is 1. The van der Waals surface area contributed by atoms with Crippen molar-refractivity contribution in [2.45, 2.75) is 32.7 Å². The predicted molar refractivity (Wildman–Crippen MR) is 109 cm³/mol. The number of hydrogen-bond acceptors (Lipinski definition) is 4.